The fourth-order valence-electron chi connectivity index (χ4n) is 2.22. The minimum atomic E-state index is -0.601. The molecule has 92 valence electrons. The van der Waals surface area contributed by atoms with Crippen molar-refractivity contribution in [1.82, 2.24) is 4.98 Å². The molecule has 1 aliphatic rings. The van der Waals surface area contributed by atoms with E-state index >= 15 is 0 Å². The number of amides is 1. The van der Waals surface area contributed by atoms with Crippen LogP contribution in [-0.2, 0) is 4.79 Å². The van der Waals surface area contributed by atoms with Crippen LogP contribution in [0.1, 0.15) is 26.2 Å². The lowest BCUT2D eigenvalue weighted by Gasteiger charge is -2.27. The number of rotatable bonds is 2. The quantitative estimate of drug-likeness (QED) is 0.822. The maximum atomic E-state index is 13.4. The van der Waals surface area contributed by atoms with Crippen LogP contribution < -0.4 is 11.1 Å². The van der Waals surface area contributed by atoms with Crippen LogP contribution in [0.4, 0.5) is 10.1 Å². The molecule has 1 aliphatic carbocycles. The summed E-state index contributed by atoms with van der Waals surface area (Å²) in [6, 6.07) is 1.28. The van der Waals surface area contributed by atoms with Gasteiger partial charge in [0.25, 0.3) is 0 Å². The van der Waals surface area contributed by atoms with Crippen LogP contribution in [0.3, 0.4) is 0 Å². The standard InChI is InChI=1S/C12H16FN3O/c1-12(5-2-3-10(12)14)11(17)16-9-4-6-15-7-8(9)13/h4,6-7,10H,2-3,5,14H2,1H3,(H,15,16,17). The molecule has 1 amide bonds. The van der Waals surface area contributed by atoms with E-state index in [-0.39, 0.29) is 17.6 Å². The minimum Gasteiger partial charge on any atom is -0.327 e. The predicted octanol–water partition coefficient (Wildman–Crippen LogP) is 1.68. The Morgan fingerprint density at radius 2 is 2.47 bits per heavy atom. The maximum absolute atomic E-state index is 13.4. The molecule has 5 heteroatoms. The summed E-state index contributed by atoms with van der Waals surface area (Å²) >= 11 is 0. The fraction of sp³-hybridized carbons (Fsp3) is 0.500. The first-order valence-electron chi connectivity index (χ1n) is 5.70. The minimum absolute atomic E-state index is 0.158. The Balaban J connectivity index is 2.15. The molecule has 0 aliphatic heterocycles. The highest BCUT2D eigenvalue weighted by molar-refractivity contribution is 5.95. The summed E-state index contributed by atoms with van der Waals surface area (Å²) in [5.41, 5.74) is 5.50. The van der Waals surface area contributed by atoms with Crippen LogP contribution in [0, 0.1) is 11.2 Å². The van der Waals surface area contributed by atoms with Crippen molar-refractivity contribution in [1.29, 1.82) is 0 Å². The second kappa shape index (κ2) is 4.41. The normalized spacial score (nSPS) is 28.1. The molecular formula is C12H16FN3O. The van der Waals surface area contributed by atoms with E-state index in [4.69, 9.17) is 5.73 Å². The number of carbonyl (C=O) groups excluding carboxylic acids is 1. The van der Waals surface area contributed by atoms with E-state index in [1.165, 1.54) is 12.3 Å². The number of nitrogens with two attached hydrogens (primary N) is 1. The van der Waals surface area contributed by atoms with Crippen molar-refractivity contribution < 1.29 is 9.18 Å². The van der Waals surface area contributed by atoms with Crippen molar-refractivity contribution >= 4 is 11.6 Å². The first kappa shape index (κ1) is 12.0. The topological polar surface area (TPSA) is 68.0 Å². The molecule has 2 atom stereocenters. The van der Waals surface area contributed by atoms with E-state index in [9.17, 15) is 9.18 Å². The van der Waals surface area contributed by atoms with Gasteiger partial charge < -0.3 is 11.1 Å². The number of hydrogen-bond donors (Lipinski definition) is 2. The molecule has 1 aromatic rings. The summed E-state index contributed by atoms with van der Waals surface area (Å²) in [7, 11) is 0. The van der Waals surface area contributed by atoms with Crippen LogP contribution in [0.5, 0.6) is 0 Å². The van der Waals surface area contributed by atoms with E-state index in [2.05, 4.69) is 10.3 Å². The Morgan fingerprint density at radius 1 is 1.71 bits per heavy atom. The van der Waals surface area contributed by atoms with Gasteiger partial charge in [0, 0.05) is 12.2 Å². The van der Waals surface area contributed by atoms with Gasteiger partial charge in [0.2, 0.25) is 5.91 Å². The highest BCUT2D eigenvalue weighted by atomic mass is 19.1. The SMILES string of the molecule is CC1(C(=O)Nc2ccncc2F)CCCC1N. The zero-order valence-corrected chi connectivity index (χ0v) is 9.74. The van der Waals surface area contributed by atoms with E-state index in [1.807, 2.05) is 6.92 Å². The molecule has 1 fully saturated rings. The van der Waals surface area contributed by atoms with Crippen LogP contribution >= 0.6 is 0 Å². The first-order valence-corrected chi connectivity index (χ1v) is 5.70. The lowest BCUT2D eigenvalue weighted by atomic mass is 9.84. The van der Waals surface area contributed by atoms with Gasteiger partial charge in [0.15, 0.2) is 5.82 Å². The van der Waals surface area contributed by atoms with Crippen LogP contribution in [-0.4, -0.2) is 16.9 Å². The monoisotopic (exact) mass is 237 g/mol. The molecule has 1 heterocycles. The third-order valence-corrected chi connectivity index (χ3v) is 3.57. The molecule has 2 unspecified atom stereocenters. The van der Waals surface area contributed by atoms with Gasteiger partial charge in [-0.3, -0.25) is 9.78 Å². The van der Waals surface area contributed by atoms with Crippen molar-refractivity contribution in [3.8, 4) is 0 Å². The van der Waals surface area contributed by atoms with E-state index in [0.29, 0.717) is 0 Å². The maximum Gasteiger partial charge on any atom is 0.231 e. The average molecular weight is 237 g/mol. The van der Waals surface area contributed by atoms with Crippen molar-refractivity contribution in [2.45, 2.75) is 32.2 Å². The van der Waals surface area contributed by atoms with Crippen molar-refractivity contribution in [3.63, 3.8) is 0 Å². The molecular weight excluding hydrogens is 221 g/mol. The summed E-state index contributed by atoms with van der Waals surface area (Å²) < 4.78 is 13.4. The highest BCUT2D eigenvalue weighted by Gasteiger charge is 2.43. The van der Waals surface area contributed by atoms with Crippen LogP contribution in [0.15, 0.2) is 18.5 Å². The molecule has 0 aromatic carbocycles. The fourth-order valence-corrected chi connectivity index (χ4v) is 2.22. The largest absolute Gasteiger partial charge is 0.327 e. The Morgan fingerprint density at radius 3 is 3.06 bits per heavy atom. The van der Waals surface area contributed by atoms with Gasteiger partial charge in [-0.2, -0.15) is 0 Å². The van der Waals surface area contributed by atoms with E-state index in [0.717, 1.165) is 25.5 Å². The van der Waals surface area contributed by atoms with Gasteiger partial charge in [0.1, 0.15) is 0 Å². The number of halogens is 1. The zero-order valence-electron chi connectivity index (χ0n) is 9.74. The summed E-state index contributed by atoms with van der Waals surface area (Å²) in [4.78, 5) is 15.8. The van der Waals surface area contributed by atoms with Gasteiger partial charge in [-0.15, -0.1) is 0 Å². The Bertz CT molecular complexity index is 438. The highest BCUT2D eigenvalue weighted by Crippen LogP contribution is 2.37. The second-order valence-electron chi connectivity index (χ2n) is 4.73. The van der Waals surface area contributed by atoms with Crippen molar-refractivity contribution in [3.05, 3.63) is 24.3 Å². The van der Waals surface area contributed by atoms with Gasteiger partial charge in [0.05, 0.1) is 17.3 Å². The molecule has 0 radical (unpaired) electrons. The third kappa shape index (κ3) is 2.15. The molecule has 0 spiro atoms. The molecule has 1 aromatic heterocycles. The smallest absolute Gasteiger partial charge is 0.231 e. The predicted molar refractivity (Wildman–Crippen MR) is 62.8 cm³/mol. The van der Waals surface area contributed by atoms with Gasteiger partial charge in [-0.1, -0.05) is 6.42 Å². The Kier molecular flexibility index (Phi) is 3.11. The Hall–Kier alpha value is -1.49. The van der Waals surface area contributed by atoms with Crippen molar-refractivity contribution in [2.24, 2.45) is 11.1 Å². The zero-order chi connectivity index (χ0) is 12.5. The average Bonchev–Trinajstić information content (AvgIpc) is 2.64. The first-order chi connectivity index (χ1) is 8.04. The lowest BCUT2D eigenvalue weighted by Crippen LogP contribution is -2.44. The Labute approximate surface area is 99.4 Å². The molecule has 2 rings (SSSR count). The summed E-state index contributed by atoms with van der Waals surface area (Å²) in [5, 5.41) is 2.59. The molecule has 4 nitrogen and oxygen atoms in total. The van der Waals surface area contributed by atoms with Crippen LogP contribution in [0.25, 0.3) is 0 Å². The lowest BCUT2D eigenvalue weighted by molar-refractivity contribution is -0.125. The summed E-state index contributed by atoms with van der Waals surface area (Å²) in [5.74, 6) is -0.747. The summed E-state index contributed by atoms with van der Waals surface area (Å²) in [6.45, 7) is 1.83. The number of anilines is 1. The number of pyridine rings is 1. The number of nitrogens with one attached hydrogen (secondary N) is 1. The molecule has 0 bridgehead atoms. The number of nitrogens with zero attached hydrogens (tertiary/aromatic N) is 1. The molecule has 3 N–H and O–H groups in total. The summed E-state index contributed by atoms with van der Waals surface area (Å²) in [6.07, 6.45) is 5.03. The van der Waals surface area contributed by atoms with Crippen molar-refractivity contribution in [2.75, 3.05) is 5.32 Å². The molecule has 1 saturated carbocycles. The van der Waals surface area contributed by atoms with E-state index < -0.39 is 11.2 Å². The van der Waals surface area contributed by atoms with Gasteiger partial charge in [-0.05, 0) is 25.8 Å². The number of aromatic nitrogens is 1. The van der Waals surface area contributed by atoms with Crippen LogP contribution in [0.2, 0.25) is 0 Å². The third-order valence-electron chi connectivity index (χ3n) is 3.57. The molecule has 17 heavy (non-hydrogen) atoms. The van der Waals surface area contributed by atoms with Gasteiger partial charge in [-0.25, -0.2) is 4.39 Å². The van der Waals surface area contributed by atoms with Gasteiger partial charge >= 0.3 is 0 Å². The molecule has 0 saturated heterocycles. The number of hydrogen-bond acceptors (Lipinski definition) is 3. The van der Waals surface area contributed by atoms with E-state index in [1.54, 1.807) is 0 Å². The second-order valence-corrected chi connectivity index (χ2v) is 4.73. The number of carbonyl (C=O) groups is 1.